The van der Waals surface area contributed by atoms with Crippen molar-refractivity contribution in [1.29, 1.82) is 0 Å². The van der Waals surface area contributed by atoms with Crippen LogP contribution in [0, 0.1) is 5.92 Å². The third-order valence-corrected chi connectivity index (χ3v) is 3.80. The number of carbonyl (C=O) groups is 1. The Morgan fingerprint density at radius 2 is 2.39 bits per heavy atom. The van der Waals surface area contributed by atoms with Crippen molar-refractivity contribution in [2.75, 3.05) is 5.73 Å². The second-order valence-corrected chi connectivity index (χ2v) is 5.55. The molecule has 1 saturated carbocycles. The molecule has 0 spiro atoms. The zero-order valence-corrected chi connectivity index (χ0v) is 10.9. The number of hydrogen-bond acceptors (Lipinski definition) is 4. The molecule has 4 heteroatoms. The normalized spacial score (nSPS) is 28.0. The van der Waals surface area contributed by atoms with Gasteiger partial charge in [-0.05, 0) is 36.5 Å². The highest BCUT2D eigenvalue weighted by Gasteiger charge is 2.37. The Labute approximate surface area is 108 Å². The van der Waals surface area contributed by atoms with E-state index in [9.17, 15) is 4.79 Å². The van der Waals surface area contributed by atoms with E-state index in [-0.39, 0.29) is 5.78 Å². The van der Waals surface area contributed by atoms with E-state index in [1.54, 1.807) is 12.3 Å². The molecule has 0 aliphatic heterocycles. The summed E-state index contributed by atoms with van der Waals surface area (Å²) in [7, 11) is 0. The zero-order valence-electron chi connectivity index (χ0n) is 10.9. The van der Waals surface area contributed by atoms with Crippen LogP contribution in [0.2, 0.25) is 0 Å². The van der Waals surface area contributed by atoms with Crippen molar-refractivity contribution >= 4 is 11.6 Å². The van der Waals surface area contributed by atoms with Crippen LogP contribution in [-0.4, -0.2) is 16.3 Å². The van der Waals surface area contributed by atoms with Crippen LogP contribution in [0.3, 0.4) is 0 Å². The smallest absolute Gasteiger partial charge is 0.157 e. The summed E-state index contributed by atoms with van der Waals surface area (Å²) in [6.45, 7) is 2.17. The van der Waals surface area contributed by atoms with Crippen molar-refractivity contribution in [1.82, 2.24) is 4.98 Å². The van der Waals surface area contributed by atoms with E-state index in [4.69, 9.17) is 11.5 Å². The van der Waals surface area contributed by atoms with E-state index in [2.05, 4.69) is 11.9 Å². The van der Waals surface area contributed by atoms with Crippen LogP contribution < -0.4 is 11.5 Å². The molecule has 0 saturated heterocycles. The monoisotopic (exact) mass is 247 g/mol. The van der Waals surface area contributed by atoms with E-state index < -0.39 is 5.54 Å². The molecule has 4 nitrogen and oxygen atoms in total. The van der Waals surface area contributed by atoms with Gasteiger partial charge in [-0.25, -0.2) is 4.98 Å². The van der Waals surface area contributed by atoms with Crippen LogP contribution in [0.4, 0.5) is 5.82 Å². The number of rotatable bonds is 3. The Balaban J connectivity index is 2.07. The highest BCUT2D eigenvalue weighted by molar-refractivity contribution is 5.90. The number of nitrogen functional groups attached to an aromatic ring is 1. The highest BCUT2D eigenvalue weighted by Crippen LogP contribution is 2.31. The van der Waals surface area contributed by atoms with Crippen molar-refractivity contribution in [3.63, 3.8) is 0 Å². The second kappa shape index (κ2) is 5.06. The Morgan fingerprint density at radius 1 is 1.61 bits per heavy atom. The number of Topliss-reactive ketones (excluding diaryl/α,β-unsaturated/α-hetero) is 1. The largest absolute Gasteiger partial charge is 0.384 e. The molecule has 2 rings (SSSR count). The van der Waals surface area contributed by atoms with E-state index >= 15 is 0 Å². The number of nitrogens with zero attached hydrogens (tertiary/aromatic N) is 1. The minimum Gasteiger partial charge on any atom is -0.384 e. The standard InChI is InChI=1S/C14H21N3O/c1-10-3-2-5-14(16,9-10)12(18)7-11-4-6-17-13(15)8-11/h4,6,8,10H,2-3,5,7,9,16H2,1H3,(H2,15,17). The fourth-order valence-corrected chi connectivity index (χ4v) is 2.81. The van der Waals surface area contributed by atoms with Gasteiger partial charge in [0.1, 0.15) is 5.82 Å². The lowest BCUT2D eigenvalue weighted by Gasteiger charge is -2.35. The molecular formula is C14H21N3O. The Morgan fingerprint density at radius 3 is 3.06 bits per heavy atom. The lowest BCUT2D eigenvalue weighted by Crippen LogP contribution is -2.51. The summed E-state index contributed by atoms with van der Waals surface area (Å²) in [5, 5.41) is 0. The maximum Gasteiger partial charge on any atom is 0.157 e. The van der Waals surface area contributed by atoms with Gasteiger partial charge in [-0.2, -0.15) is 0 Å². The van der Waals surface area contributed by atoms with Gasteiger partial charge >= 0.3 is 0 Å². The van der Waals surface area contributed by atoms with Crippen molar-refractivity contribution in [2.24, 2.45) is 11.7 Å². The van der Waals surface area contributed by atoms with Gasteiger partial charge in [0.2, 0.25) is 0 Å². The van der Waals surface area contributed by atoms with Crippen LogP contribution >= 0.6 is 0 Å². The minimum atomic E-state index is -0.643. The highest BCUT2D eigenvalue weighted by atomic mass is 16.1. The zero-order chi connectivity index (χ0) is 13.2. The SMILES string of the molecule is CC1CCCC(N)(C(=O)Cc2ccnc(N)c2)C1. The van der Waals surface area contributed by atoms with Crippen LogP contribution in [-0.2, 0) is 11.2 Å². The van der Waals surface area contributed by atoms with Gasteiger partial charge in [0.25, 0.3) is 0 Å². The summed E-state index contributed by atoms with van der Waals surface area (Å²) < 4.78 is 0. The summed E-state index contributed by atoms with van der Waals surface area (Å²) in [6.07, 6.45) is 5.81. The Bertz CT molecular complexity index is 446. The molecular weight excluding hydrogens is 226 g/mol. The summed E-state index contributed by atoms with van der Waals surface area (Å²) in [4.78, 5) is 16.3. The minimum absolute atomic E-state index is 0.125. The van der Waals surface area contributed by atoms with Crippen molar-refractivity contribution in [3.8, 4) is 0 Å². The fraction of sp³-hybridized carbons (Fsp3) is 0.571. The molecule has 4 N–H and O–H groups in total. The molecule has 1 aromatic heterocycles. The Hall–Kier alpha value is -1.42. The molecule has 18 heavy (non-hydrogen) atoms. The molecule has 2 unspecified atom stereocenters. The van der Waals surface area contributed by atoms with E-state index in [1.165, 1.54) is 6.42 Å². The van der Waals surface area contributed by atoms with E-state index in [0.29, 0.717) is 18.2 Å². The summed E-state index contributed by atoms with van der Waals surface area (Å²) in [5.74, 6) is 1.11. The van der Waals surface area contributed by atoms with Crippen molar-refractivity contribution < 1.29 is 4.79 Å². The van der Waals surface area contributed by atoms with Crippen molar-refractivity contribution in [2.45, 2.75) is 44.6 Å². The molecule has 1 aliphatic carbocycles. The van der Waals surface area contributed by atoms with Gasteiger partial charge in [0.15, 0.2) is 5.78 Å². The lowest BCUT2D eigenvalue weighted by atomic mass is 9.73. The number of pyridine rings is 1. The van der Waals surface area contributed by atoms with E-state index in [0.717, 1.165) is 24.8 Å². The summed E-state index contributed by atoms with van der Waals surface area (Å²) in [6, 6.07) is 3.57. The fourth-order valence-electron chi connectivity index (χ4n) is 2.81. The first-order valence-corrected chi connectivity index (χ1v) is 6.52. The molecule has 1 aromatic rings. The number of carbonyl (C=O) groups excluding carboxylic acids is 1. The second-order valence-electron chi connectivity index (χ2n) is 5.55. The van der Waals surface area contributed by atoms with Gasteiger partial charge in [-0.15, -0.1) is 0 Å². The van der Waals surface area contributed by atoms with Gasteiger partial charge in [-0.1, -0.05) is 19.8 Å². The first kappa shape index (κ1) is 13.0. The molecule has 1 aliphatic rings. The maximum absolute atomic E-state index is 12.4. The van der Waals surface area contributed by atoms with Gasteiger partial charge in [-0.3, -0.25) is 4.79 Å². The Kier molecular flexibility index (Phi) is 3.66. The number of ketones is 1. The molecule has 1 fully saturated rings. The first-order chi connectivity index (χ1) is 8.49. The quantitative estimate of drug-likeness (QED) is 0.851. The molecule has 0 radical (unpaired) electrons. The third-order valence-electron chi connectivity index (χ3n) is 3.80. The summed E-state index contributed by atoms with van der Waals surface area (Å²) >= 11 is 0. The average molecular weight is 247 g/mol. The summed E-state index contributed by atoms with van der Waals surface area (Å²) in [5.41, 5.74) is 12.2. The van der Waals surface area contributed by atoms with Crippen LogP contribution in [0.15, 0.2) is 18.3 Å². The topological polar surface area (TPSA) is 82.0 Å². The van der Waals surface area contributed by atoms with Gasteiger partial charge < -0.3 is 11.5 Å². The van der Waals surface area contributed by atoms with Crippen molar-refractivity contribution in [3.05, 3.63) is 23.9 Å². The van der Waals surface area contributed by atoms with Gasteiger partial charge in [0.05, 0.1) is 5.54 Å². The molecule has 2 atom stereocenters. The van der Waals surface area contributed by atoms with Gasteiger partial charge in [0, 0.05) is 12.6 Å². The maximum atomic E-state index is 12.4. The molecule has 98 valence electrons. The third kappa shape index (κ3) is 2.88. The number of nitrogens with two attached hydrogens (primary N) is 2. The van der Waals surface area contributed by atoms with E-state index in [1.807, 2.05) is 6.07 Å². The average Bonchev–Trinajstić information content (AvgIpc) is 2.28. The molecule has 1 heterocycles. The van der Waals surface area contributed by atoms with Crippen LogP contribution in [0.5, 0.6) is 0 Å². The first-order valence-electron chi connectivity index (χ1n) is 6.52. The van der Waals surface area contributed by atoms with Crippen LogP contribution in [0.25, 0.3) is 0 Å². The molecule has 0 bridgehead atoms. The molecule has 0 amide bonds. The number of anilines is 1. The lowest BCUT2D eigenvalue weighted by molar-refractivity contribution is -0.125. The van der Waals surface area contributed by atoms with Crippen LogP contribution in [0.1, 0.15) is 38.2 Å². The number of hydrogen-bond donors (Lipinski definition) is 2. The predicted molar refractivity (Wildman–Crippen MR) is 71.9 cm³/mol. The molecule has 0 aromatic carbocycles. The predicted octanol–water partition coefficient (Wildman–Crippen LogP) is 1.68. The number of aromatic nitrogens is 1.